The highest BCUT2D eigenvalue weighted by Gasteiger charge is 2.33. The molecule has 2 saturated heterocycles. The molecule has 3 fully saturated rings. The van der Waals surface area contributed by atoms with Gasteiger partial charge in [0.25, 0.3) is 0 Å². The van der Waals surface area contributed by atoms with Crippen molar-refractivity contribution in [2.45, 2.75) is 95.5 Å². The number of aromatic nitrogens is 2. The molecule has 1 aromatic heterocycles. The van der Waals surface area contributed by atoms with Gasteiger partial charge in [-0.25, -0.2) is 4.98 Å². The first-order valence-corrected chi connectivity index (χ1v) is 11.0. The Morgan fingerprint density at radius 2 is 1.88 bits per heavy atom. The summed E-state index contributed by atoms with van der Waals surface area (Å²) in [4.78, 5) is 7.39. The van der Waals surface area contributed by atoms with Crippen LogP contribution in [0.5, 0.6) is 0 Å². The number of hydrogen-bond acceptors (Lipinski definition) is 4. The van der Waals surface area contributed by atoms with Gasteiger partial charge in [-0.3, -0.25) is 0 Å². The Morgan fingerprint density at radius 1 is 1.08 bits per heavy atom. The molecule has 0 aromatic carbocycles. The number of nitrogens with zero attached hydrogens (tertiary/aromatic N) is 3. The molecule has 3 aliphatic rings. The number of rotatable bonds is 5. The van der Waals surface area contributed by atoms with E-state index in [2.05, 4.69) is 32.9 Å². The van der Waals surface area contributed by atoms with Gasteiger partial charge in [0.2, 0.25) is 0 Å². The molecule has 0 radical (unpaired) electrons. The molecule has 3 heterocycles. The van der Waals surface area contributed by atoms with Crippen molar-refractivity contribution in [2.24, 2.45) is 0 Å². The SMILES string of the molecule is CCn1ccnc1[C@H]1OCCC[C@@H]1NC1CCN(C2CCCCC2)CC1. The smallest absolute Gasteiger partial charge is 0.139 e. The van der Waals surface area contributed by atoms with Crippen LogP contribution in [0.1, 0.15) is 76.6 Å². The fourth-order valence-electron chi connectivity index (χ4n) is 5.23. The molecule has 1 aromatic rings. The molecule has 0 unspecified atom stereocenters. The van der Waals surface area contributed by atoms with Crippen molar-refractivity contribution in [1.82, 2.24) is 19.8 Å². The van der Waals surface area contributed by atoms with E-state index in [0.717, 1.165) is 31.4 Å². The molecule has 0 spiro atoms. The number of likely N-dealkylation sites (tertiary alicyclic amines) is 1. The van der Waals surface area contributed by atoms with Crippen LogP contribution in [0.15, 0.2) is 12.4 Å². The third-order valence-electron chi connectivity index (χ3n) is 6.74. The van der Waals surface area contributed by atoms with Gasteiger partial charge in [-0.15, -0.1) is 0 Å². The molecule has 146 valence electrons. The average Bonchev–Trinajstić information content (AvgIpc) is 3.18. The van der Waals surface area contributed by atoms with Gasteiger partial charge in [0.15, 0.2) is 0 Å². The molecule has 5 heteroatoms. The minimum absolute atomic E-state index is 0.107. The van der Waals surface area contributed by atoms with Crippen LogP contribution in [0, 0.1) is 0 Å². The van der Waals surface area contributed by atoms with E-state index in [-0.39, 0.29) is 6.10 Å². The minimum Gasteiger partial charge on any atom is -0.369 e. The number of hydrogen-bond donors (Lipinski definition) is 1. The molecule has 2 aliphatic heterocycles. The summed E-state index contributed by atoms with van der Waals surface area (Å²) in [6.45, 7) is 6.53. The summed E-state index contributed by atoms with van der Waals surface area (Å²) >= 11 is 0. The maximum atomic E-state index is 6.18. The zero-order valence-electron chi connectivity index (χ0n) is 16.4. The van der Waals surface area contributed by atoms with Crippen LogP contribution in [-0.4, -0.2) is 52.3 Å². The van der Waals surface area contributed by atoms with Gasteiger partial charge < -0.3 is 19.5 Å². The van der Waals surface area contributed by atoms with E-state index in [1.54, 1.807) is 0 Å². The maximum Gasteiger partial charge on any atom is 0.139 e. The first-order valence-electron chi connectivity index (χ1n) is 11.0. The Kier molecular flexibility index (Phi) is 6.28. The van der Waals surface area contributed by atoms with E-state index in [1.807, 2.05) is 6.20 Å². The number of piperidine rings is 1. The van der Waals surface area contributed by atoms with E-state index in [0.29, 0.717) is 12.1 Å². The Balaban J connectivity index is 1.33. The first-order chi connectivity index (χ1) is 12.8. The fourth-order valence-corrected chi connectivity index (χ4v) is 5.23. The lowest BCUT2D eigenvalue weighted by Gasteiger charge is -2.41. The number of imidazole rings is 1. The summed E-state index contributed by atoms with van der Waals surface area (Å²) in [6.07, 6.45) is 16.2. The van der Waals surface area contributed by atoms with Crippen molar-refractivity contribution in [3.05, 3.63) is 18.2 Å². The Morgan fingerprint density at radius 3 is 2.65 bits per heavy atom. The molecule has 4 rings (SSSR count). The van der Waals surface area contributed by atoms with Crippen LogP contribution >= 0.6 is 0 Å². The number of ether oxygens (including phenoxy) is 1. The van der Waals surface area contributed by atoms with Crippen LogP contribution in [0.3, 0.4) is 0 Å². The number of nitrogens with one attached hydrogen (secondary N) is 1. The maximum absolute atomic E-state index is 6.18. The fraction of sp³-hybridized carbons (Fsp3) is 0.857. The largest absolute Gasteiger partial charge is 0.369 e. The summed E-state index contributed by atoms with van der Waals surface area (Å²) in [6, 6.07) is 1.91. The summed E-state index contributed by atoms with van der Waals surface area (Å²) in [7, 11) is 0. The zero-order valence-corrected chi connectivity index (χ0v) is 16.4. The van der Waals surface area contributed by atoms with Crippen LogP contribution in [-0.2, 0) is 11.3 Å². The molecule has 0 amide bonds. The van der Waals surface area contributed by atoms with E-state index >= 15 is 0 Å². The molecular formula is C21H36N4O. The van der Waals surface area contributed by atoms with Crippen molar-refractivity contribution in [3.63, 3.8) is 0 Å². The van der Waals surface area contributed by atoms with E-state index < -0.39 is 0 Å². The highest BCUT2D eigenvalue weighted by Crippen LogP contribution is 2.30. The second-order valence-electron chi connectivity index (χ2n) is 8.38. The van der Waals surface area contributed by atoms with Gasteiger partial charge in [-0.05, 0) is 58.5 Å². The van der Waals surface area contributed by atoms with Gasteiger partial charge in [-0.1, -0.05) is 19.3 Å². The molecule has 1 saturated carbocycles. The minimum atomic E-state index is 0.107. The molecular weight excluding hydrogens is 324 g/mol. The second kappa shape index (κ2) is 8.85. The Hall–Kier alpha value is -0.910. The Labute approximate surface area is 158 Å². The summed E-state index contributed by atoms with van der Waals surface area (Å²) in [5.74, 6) is 1.10. The molecule has 0 bridgehead atoms. The van der Waals surface area contributed by atoms with Crippen molar-refractivity contribution in [1.29, 1.82) is 0 Å². The van der Waals surface area contributed by atoms with Gasteiger partial charge in [0, 0.05) is 43.7 Å². The lowest BCUT2D eigenvalue weighted by molar-refractivity contribution is -0.0237. The standard InChI is InChI=1S/C21H36N4O/c1-2-24-15-12-22-21(24)20-19(9-6-16-26-20)23-17-10-13-25(14-11-17)18-7-4-3-5-8-18/h12,15,17-20,23H,2-11,13-14,16H2,1H3/t19-,20-/m0/s1. The highest BCUT2D eigenvalue weighted by atomic mass is 16.5. The van der Waals surface area contributed by atoms with Gasteiger partial charge >= 0.3 is 0 Å². The van der Waals surface area contributed by atoms with Gasteiger partial charge in [-0.2, -0.15) is 0 Å². The lowest BCUT2D eigenvalue weighted by Crippen LogP contribution is -2.51. The normalized spacial score (nSPS) is 29.9. The van der Waals surface area contributed by atoms with E-state index in [1.165, 1.54) is 64.5 Å². The van der Waals surface area contributed by atoms with Gasteiger partial charge in [0.1, 0.15) is 11.9 Å². The van der Waals surface area contributed by atoms with E-state index in [4.69, 9.17) is 4.74 Å². The van der Waals surface area contributed by atoms with Crippen molar-refractivity contribution in [2.75, 3.05) is 19.7 Å². The quantitative estimate of drug-likeness (QED) is 0.872. The monoisotopic (exact) mass is 360 g/mol. The summed E-state index contributed by atoms with van der Waals surface area (Å²) in [5.41, 5.74) is 0. The van der Waals surface area contributed by atoms with Gasteiger partial charge in [0.05, 0.1) is 0 Å². The Bertz CT molecular complexity index is 546. The predicted octanol–water partition coefficient (Wildman–Crippen LogP) is 3.51. The number of aryl methyl sites for hydroxylation is 1. The van der Waals surface area contributed by atoms with Crippen LogP contribution in [0.2, 0.25) is 0 Å². The van der Waals surface area contributed by atoms with Crippen LogP contribution in [0.4, 0.5) is 0 Å². The molecule has 1 aliphatic carbocycles. The molecule has 2 atom stereocenters. The van der Waals surface area contributed by atoms with E-state index in [9.17, 15) is 0 Å². The van der Waals surface area contributed by atoms with Crippen LogP contribution in [0.25, 0.3) is 0 Å². The third kappa shape index (κ3) is 4.15. The topological polar surface area (TPSA) is 42.3 Å². The third-order valence-corrected chi connectivity index (χ3v) is 6.74. The zero-order chi connectivity index (χ0) is 17.8. The van der Waals surface area contributed by atoms with Crippen LogP contribution < -0.4 is 5.32 Å². The first kappa shape index (κ1) is 18.5. The van der Waals surface area contributed by atoms with Crippen molar-refractivity contribution >= 4 is 0 Å². The molecule has 1 N–H and O–H groups in total. The second-order valence-corrected chi connectivity index (χ2v) is 8.38. The highest BCUT2D eigenvalue weighted by molar-refractivity contribution is 5.03. The van der Waals surface area contributed by atoms with Crippen molar-refractivity contribution < 1.29 is 4.74 Å². The van der Waals surface area contributed by atoms with Crippen molar-refractivity contribution in [3.8, 4) is 0 Å². The molecule has 5 nitrogen and oxygen atoms in total. The molecule has 26 heavy (non-hydrogen) atoms. The summed E-state index contributed by atoms with van der Waals surface area (Å²) in [5, 5.41) is 3.97. The lowest BCUT2D eigenvalue weighted by atomic mass is 9.91. The summed E-state index contributed by atoms with van der Waals surface area (Å²) < 4.78 is 8.41. The predicted molar refractivity (Wildman–Crippen MR) is 104 cm³/mol. The average molecular weight is 361 g/mol.